The Morgan fingerprint density at radius 2 is 2.18 bits per heavy atom. The van der Waals surface area contributed by atoms with Crippen molar-refractivity contribution in [2.24, 2.45) is 0 Å². The maximum absolute atomic E-state index is 11.3. The van der Waals surface area contributed by atoms with Crippen LogP contribution in [-0.2, 0) is 0 Å². The van der Waals surface area contributed by atoms with Crippen molar-refractivity contribution in [1.82, 2.24) is 10.2 Å². The summed E-state index contributed by atoms with van der Waals surface area (Å²) in [5, 5.41) is 2.80. The van der Waals surface area contributed by atoms with Crippen LogP contribution in [0.4, 0.5) is 4.79 Å². The van der Waals surface area contributed by atoms with Crippen molar-refractivity contribution in [3.8, 4) is 0 Å². The second-order valence-corrected chi connectivity index (χ2v) is 2.85. The summed E-state index contributed by atoms with van der Waals surface area (Å²) in [4.78, 5) is 13.2. The van der Waals surface area contributed by atoms with Crippen LogP contribution >= 0.6 is 0 Å². The van der Waals surface area contributed by atoms with Crippen LogP contribution in [0.25, 0.3) is 0 Å². The third-order valence-electron chi connectivity index (χ3n) is 1.92. The summed E-state index contributed by atoms with van der Waals surface area (Å²) in [5.74, 6) is 0. The summed E-state index contributed by atoms with van der Waals surface area (Å²) in [5.41, 5.74) is 0. The van der Waals surface area contributed by atoms with E-state index in [0.717, 1.165) is 13.1 Å². The number of rotatable bonds is 3. The molecule has 1 fully saturated rings. The van der Waals surface area contributed by atoms with Gasteiger partial charge in [0.15, 0.2) is 0 Å². The average molecular weight is 156 g/mol. The van der Waals surface area contributed by atoms with Crippen LogP contribution in [0, 0.1) is 0 Å². The molecular weight excluding hydrogens is 140 g/mol. The molecule has 2 amide bonds. The van der Waals surface area contributed by atoms with Crippen molar-refractivity contribution < 1.29 is 4.79 Å². The standard InChI is InChI=1S/C8H16N2O/c1-3-9-8(11)10(4-2)7-5-6-7/h7H,3-6H2,1-2H3,(H,9,11). The second-order valence-electron chi connectivity index (χ2n) is 2.85. The highest BCUT2D eigenvalue weighted by atomic mass is 16.2. The van der Waals surface area contributed by atoms with Gasteiger partial charge in [-0.15, -0.1) is 0 Å². The number of nitrogens with one attached hydrogen (secondary N) is 1. The van der Waals surface area contributed by atoms with Crippen LogP contribution in [-0.4, -0.2) is 30.1 Å². The highest BCUT2D eigenvalue weighted by Gasteiger charge is 2.30. The summed E-state index contributed by atoms with van der Waals surface area (Å²) >= 11 is 0. The topological polar surface area (TPSA) is 32.3 Å². The zero-order chi connectivity index (χ0) is 8.27. The lowest BCUT2D eigenvalue weighted by molar-refractivity contribution is 0.198. The van der Waals surface area contributed by atoms with E-state index in [0.29, 0.717) is 6.04 Å². The molecule has 0 bridgehead atoms. The fourth-order valence-electron chi connectivity index (χ4n) is 1.21. The maximum atomic E-state index is 11.3. The zero-order valence-corrected chi connectivity index (χ0v) is 7.26. The first-order valence-electron chi connectivity index (χ1n) is 4.34. The van der Waals surface area contributed by atoms with Gasteiger partial charge in [0.1, 0.15) is 0 Å². The summed E-state index contributed by atoms with van der Waals surface area (Å²) < 4.78 is 0. The van der Waals surface area contributed by atoms with Crippen LogP contribution < -0.4 is 5.32 Å². The fourth-order valence-corrected chi connectivity index (χ4v) is 1.21. The number of carbonyl (C=O) groups excluding carboxylic acids is 1. The van der Waals surface area contributed by atoms with Crippen LogP contribution in [0.15, 0.2) is 0 Å². The minimum absolute atomic E-state index is 0.0949. The van der Waals surface area contributed by atoms with E-state index in [-0.39, 0.29) is 6.03 Å². The Kier molecular flexibility index (Phi) is 2.74. The molecule has 1 saturated carbocycles. The van der Waals surface area contributed by atoms with E-state index in [4.69, 9.17) is 0 Å². The van der Waals surface area contributed by atoms with Gasteiger partial charge in [-0.05, 0) is 26.7 Å². The van der Waals surface area contributed by atoms with Crippen LogP contribution in [0.3, 0.4) is 0 Å². The predicted molar refractivity (Wildman–Crippen MR) is 44.5 cm³/mol. The van der Waals surface area contributed by atoms with Gasteiger partial charge in [0.05, 0.1) is 0 Å². The van der Waals surface area contributed by atoms with Gasteiger partial charge in [-0.2, -0.15) is 0 Å². The van der Waals surface area contributed by atoms with Gasteiger partial charge in [0.2, 0.25) is 0 Å². The number of hydrogen-bond donors (Lipinski definition) is 1. The fraction of sp³-hybridized carbons (Fsp3) is 0.875. The molecule has 3 nitrogen and oxygen atoms in total. The van der Waals surface area contributed by atoms with E-state index in [9.17, 15) is 4.79 Å². The van der Waals surface area contributed by atoms with E-state index < -0.39 is 0 Å². The van der Waals surface area contributed by atoms with Crippen LogP contribution in [0.2, 0.25) is 0 Å². The molecular formula is C8H16N2O. The highest BCUT2D eigenvalue weighted by Crippen LogP contribution is 2.26. The Hall–Kier alpha value is -0.730. The average Bonchev–Trinajstić information content (AvgIpc) is 2.73. The lowest BCUT2D eigenvalue weighted by Gasteiger charge is -2.19. The maximum Gasteiger partial charge on any atom is 0.317 e. The molecule has 0 aliphatic heterocycles. The smallest absolute Gasteiger partial charge is 0.317 e. The normalized spacial score (nSPS) is 16.2. The summed E-state index contributed by atoms with van der Waals surface area (Å²) in [7, 11) is 0. The quantitative estimate of drug-likeness (QED) is 0.654. The Balaban J connectivity index is 2.33. The Morgan fingerprint density at radius 1 is 1.55 bits per heavy atom. The van der Waals surface area contributed by atoms with Crippen molar-refractivity contribution in [3.05, 3.63) is 0 Å². The Bertz CT molecular complexity index is 143. The van der Waals surface area contributed by atoms with E-state index in [1.54, 1.807) is 0 Å². The van der Waals surface area contributed by atoms with E-state index in [1.807, 2.05) is 18.7 Å². The molecule has 64 valence electrons. The minimum Gasteiger partial charge on any atom is -0.338 e. The minimum atomic E-state index is 0.0949. The zero-order valence-electron chi connectivity index (χ0n) is 7.26. The van der Waals surface area contributed by atoms with Crippen molar-refractivity contribution in [1.29, 1.82) is 0 Å². The first-order valence-corrected chi connectivity index (χ1v) is 4.34. The Morgan fingerprint density at radius 3 is 2.55 bits per heavy atom. The molecule has 1 aliphatic rings. The van der Waals surface area contributed by atoms with Crippen molar-refractivity contribution >= 4 is 6.03 Å². The molecule has 0 aromatic rings. The van der Waals surface area contributed by atoms with Crippen molar-refractivity contribution in [2.75, 3.05) is 13.1 Å². The number of nitrogens with zero attached hydrogens (tertiary/aromatic N) is 1. The molecule has 11 heavy (non-hydrogen) atoms. The predicted octanol–water partition coefficient (Wildman–Crippen LogP) is 1.20. The molecule has 1 rings (SSSR count). The van der Waals surface area contributed by atoms with Gasteiger partial charge in [0, 0.05) is 19.1 Å². The van der Waals surface area contributed by atoms with Gasteiger partial charge in [-0.3, -0.25) is 0 Å². The van der Waals surface area contributed by atoms with Gasteiger partial charge < -0.3 is 10.2 Å². The van der Waals surface area contributed by atoms with Crippen molar-refractivity contribution in [2.45, 2.75) is 32.7 Å². The SMILES string of the molecule is CCNC(=O)N(CC)C1CC1. The molecule has 0 aromatic heterocycles. The lowest BCUT2D eigenvalue weighted by atomic mass is 10.5. The molecule has 0 aromatic carbocycles. The third-order valence-corrected chi connectivity index (χ3v) is 1.92. The van der Waals surface area contributed by atoms with Gasteiger partial charge >= 0.3 is 6.03 Å². The third kappa shape index (κ3) is 2.10. The number of hydrogen-bond acceptors (Lipinski definition) is 1. The number of urea groups is 1. The monoisotopic (exact) mass is 156 g/mol. The molecule has 1 aliphatic carbocycles. The molecule has 3 heteroatoms. The molecule has 0 atom stereocenters. The molecule has 0 unspecified atom stereocenters. The molecule has 0 spiro atoms. The first-order chi connectivity index (χ1) is 5.29. The number of carbonyl (C=O) groups is 1. The van der Waals surface area contributed by atoms with Gasteiger partial charge in [-0.1, -0.05) is 0 Å². The van der Waals surface area contributed by atoms with Crippen LogP contribution in [0.1, 0.15) is 26.7 Å². The molecule has 1 N–H and O–H groups in total. The van der Waals surface area contributed by atoms with E-state index >= 15 is 0 Å². The van der Waals surface area contributed by atoms with Gasteiger partial charge in [0.25, 0.3) is 0 Å². The van der Waals surface area contributed by atoms with Crippen LogP contribution in [0.5, 0.6) is 0 Å². The second kappa shape index (κ2) is 3.60. The molecule has 0 saturated heterocycles. The summed E-state index contributed by atoms with van der Waals surface area (Å²) in [6.07, 6.45) is 2.37. The van der Waals surface area contributed by atoms with Gasteiger partial charge in [-0.25, -0.2) is 4.79 Å². The van der Waals surface area contributed by atoms with E-state index in [1.165, 1.54) is 12.8 Å². The Labute approximate surface area is 67.8 Å². The first kappa shape index (κ1) is 8.37. The summed E-state index contributed by atoms with van der Waals surface area (Å²) in [6, 6.07) is 0.629. The van der Waals surface area contributed by atoms with E-state index in [2.05, 4.69) is 5.32 Å². The highest BCUT2D eigenvalue weighted by molar-refractivity contribution is 5.74. The molecule has 0 radical (unpaired) electrons. The largest absolute Gasteiger partial charge is 0.338 e. The summed E-state index contributed by atoms with van der Waals surface area (Å²) in [6.45, 7) is 5.52. The number of amides is 2. The van der Waals surface area contributed by atoms with Crippen molar-refractivity contribution in [3.63, 3.8) is 0 Å². The lowest BCUT2D eigenvalue weighted by Crippen LogP contribution is -2.41. The molecule has 0 heterocycles.